The minimum Gasteiger partial charge on any atom is -0.383 e. The summed E-state index contributed by atoms with van der Waals surface area (Å²) in [5, 5.41) is 3.28. The van der Waals surface area contributed by atoms with Gasteiger partial charge in [0.15, 0.2) is 0 Å². The third kappa shape index (κ3) is 3.33. The molecule has 0 saturated heterocycles. The molecule has 0 radical (unpaired) electrons. The zero-order chi connectivity index (χ0) is 13.1. The average molecular weight is 263 g/mol. The molecule has 5 N–H and O–H groups in total. The summed E-state index contributed by atoms with van der Waals surface area (Å²) in [5.41, 5.74) is 11.2. The lowest BCUT2D eigenvalue weighted by atomic mass is 10.2. The number of anilines is 3. The van der Waals surface area contributed by atoms with E-state index in [0.29, 0.717) is 11.6 Å². The number of nitrogen functional groups attached to an aromatic ring is 2. The number of thiophene rings is 1. The third-order valence-corrected chi connectivity index (χ3v) is 3.48. The maximum absolute atomic E-state index is 5.62. The molecule has 0 aliphatic rings. The van der Waals surface area contributed by atoms with Gasteiger partial charge in [-0.1, -0.05) is 0 Å². The normalized spacial score (nSPS) is 12.3. The average Bonchev–Trinajstić information content (AvgIpc) is 2.61. The highest BCUT2D eigenvalue weighted by molar-refractivity contribution is 7.11. The van der Waals surface area contributed by atoms with Crippen molar-refractivity contribution in [3.8, 4) is 0 Å². The first-order chi connectivity index (χ1) is 8.52. The quantitative estimate of drug-likeness (QED) is 0.785. The van der Waals surface area contributed by atoms with Gasteiger partial charge in [0.2, 0.25) is 5.95 Å². The highest BCUT2D eigenvalue weighted by Crippen LogP contribution is 2.18. The molecule has 1 unspecified atom stereocenters. The van der Waals surface area contributed by atoms with Crippen LogP contribution in [0.25, 0.3) is 0 Å². The van der Waals surface area contributed by atoms with E-state index >= 15 is 0 Å². The molecular weight excluding hydrogens is 246 g/mol. The first-order valence-corrected chi connectivity index (χ1v) is 6.56. The fourth-order valence-electron chi connectivity index (χ4n) is 1.76. The van der Waals surface area contributed by atoms with Crippen LogP contribution in [0.5, 0.6) is 0 Å². The lowest BCUT2D eigenvalue weighted by Gasteiger charge is -2.14. The van der Waals surface area contributed by atoms with E-state index in [0.717, 1.165) is 6.42 Å². The standard InChI is InChI=1S/C12H17N5S/c1-7(5-9-4-3-8(2)18-9)15-11-6-10(13)16-12(14)17-11/h3-4,6-7H,5H2,1-2H3,(H5,13,14,15,16,17). The van der Waals surface area contributed by atoms with E-state index in [9.17, 15) is 0 Å². The third-order valence-electron chi connectivity index (χ3n) is 2.46. The lowest BCUT2D eigenvalue weighted by molar-refractivity contribution is 0.794. The second-order valence-electron chi connectivity index (χ2n) is 4.30. The Labute approximate surface area is 110 Å². The molecule has 6 heteroatoms. The van der Waals surface area contributed by atoms with Gasteiger partial charge < -0.3 is 16.8 Å². The Bertz CT molecular complexity index is 517. The van der Waals surface area contributed by atoms with Crippen molar-refractivity contribution in [2.45, 2.75) is 26.3 Å². The van der Waals surface area contributed by atoms with E-state index in [2.05, 4.69) is 41.3 Å². The maximum Gasteiger partial charge on any atom is 0.223 e. The van der Waals surface area contributed by atoms with Gasteiger partial charge in [0, 0.05) is 28.3 Å². The van der Waals surface area contributed by atoms with Crippen molar-refractivity contribution in [2.75, 3.05) is 16.8 Å². The first kappa shape index (κ1) is 12.6. The fraction of sp³-hybridized carbons (Fsp3) is 0.333. The summed E-state index contributed by atoms with van der Waals surface area (Å²) in [7, 11) is 0. The van der Waals surface area contributed by atoms with Gasteiger partial charge in [-0.15, -0.1) is 11.3 Å². The molecule has 0 bridgehead atoms. The lowest BCUT2D eigenvalue weighted by Crippen LogP contribution is -2.19. The zero-order valence-corrected chi connectivity index (χ0v) is 11.3. The number of nitrogens with two attached hydrogens (primary N) is 2. The molecule has 18 heavy (non-hydrogen) atoms. The minimum absolute atomic E-state index is 0.191. The van der Waals surface area contributed by atoms with Crippen LogP contribution in [0.15, 0.2) is 18.2 Å². The van der Waals surface area contributed by atoms with E-state index in [1.165, 1.54) is 9.75 Å². The number of nitrogens with zero attached hydrogens (tertiary/aromatic N) is 2. The van der Waals surface area contributed by atoms with Gasteiger partial charge >= 0.3 is 0 Å². The largest absolute Gasteiger partial charge is 0.383 e. The minimum atomic E-state index is 0.191. The fourth-order valence-corrected chi connectivity index (χ4v) is 2.78. The van der Waals surface area contributed by atoms with Gasteiger partial charge in [0.25, 0.3) is 0 Å². The summed E-state index contributed by atoms with van der Waals surface area (Å²) >= 11 is 1.81. The van der Waals surface area contributed by atoms with Gasteiger partial charge in [0.1, 0.15) is 11.6 Å². The second-order valence-corrected chi connectivity index (χ2v) is 5.67. The number of aromatic nitrogens is 2. The van der Waals surface area contributed by atoms with Crippen molar-refractivity contribution < 1.29 is 0 Å². The molecule has 0 spiro atoms. The number of nitrogens with one attached hydrogen (secondary N) is 1. The Kier molecular flexibility index (Phi) is 3.66. The summed E-state index contributed by atoms with van der Waals surface area (Å²) in [6.07, 6.45) is 0.947. The van der Waals surface area contributed by atoms with E-state index in [4.69, 9.17) is 11.5 Å². The smallest absolute Gasteiger partial charge is 0.223 e. The summed E-state index contributed by atoms with van der Waals surface area (Å²) in [6.45, 7) is 4.21. The van der Waals surface area contributed by atoms with Gasteiger partial charge in [-0.25, -0.2) is 0 Å². The van der Waals surface area contributed by atoms with Crippen molar-refractivity contribution in [1.29, 1.82) is 0 Å². The molecular formula is C12H17N5S. The summed E-state index contributed by atoms with van der Waals surface area (Å²) in [6, 6.07) is 6.23. The van der Waals surface area contributed by atoms with E-state index in [1.54, 1.807) is 6.07 Å². The van der Waals surface area contributed by atoms with Crippen LogP contribution in [-0.4, -0.2) is 16.0 Å². The van der Waals surface area contributed by atoms with Crippen molar-refractivity contribution in [1.82, 2.24) is 9.97 Å². The maximum atomic E-state index is 5.62. The van der Waals surface area contributed by atoms with Crippen LogP contribution in [0.4, 0.5) is 17.6 Å². The molecule has 0 saturated carbocycles. The predicted octanol–water partition coefficient (Wildman–Crippen LogP) is 2.05. The van der Waals surface area contributed by atoms with Gasteiger partial charge in [0.05, 0.1) is 0 Å². The summed E-state index contributed by atoms with van der Waals surface area (Å²) < 4.78 is 0. The molecule has 0 aromatic carbocycles. The second kappa shape index (κ2) is 5.22. The molecule has 0 amide bonds. The molecule has 0 aliphatic carbocycles. The Morgan fingerprint density at radius 1 is 1.33 bits per heavy atom. The molecule has 1 atom stereocenters. The number of hydrogen-bond acceptors (Lipinski definition) is 6. The Morgan fingerprint density at radius 3 is 2.72 bits per heavy atom. The number of hydrogen-bond donors (Lipinski definition) is 3. The van der Waals surface area contributed by atoms with E-state index in [1.807, 2.05) is 11.3 Å². The van der Waals surface area contributed by atoms with E-state index < -0.39 is 0 Å². The van der Waals surface area contributed by atoms with Crippen LogP contribution < -0.4 is 16.8 Å². The monoisotopic (exact) mass is 263 g/mol. The number of rotatable bonds is 4. The van der Waals surface area contributed by atoms with Crippen LogP contribution in [0.1, 0.15) is 16.7 Å². The highest BCUT2D eigenvalue weighted by atomic mass is 32.1. The molecule has 2 aromatic rings. The molecule has 2 aromatic heterocycles. The molecule has 2 heterocycles. The summed E-state index contributed by atoms with van der Waals surface area (Å²) in [5.74, 6) is 1.24. The Hall–Kier alpha value is -1.82. The van der Waals surface area contributed by atoms with Crippen LogP contribution >= 0.6 is 11.3 Å². The van der Waals surface area contributed by atoms with Crippen LogP contribution in [0, 0.1) is 6.92 Å². The van der Waals surface area contributed by atoms with Gasteiger partial charge in [-0.3, -0.25) is 0 Å². The van der Waals surface area contributed by atoms with Crippen molar-refractivity contribution in [2.24, 2.45) is 0 Å². The molecule has 2 rings (SSSR count). The van der Waals surface area contributed by atoms with Crippen molar-refractivity contribution in [3.05, 3.63) is 28.0 Å². The Balaban J connectivity index is 2.00. The van der Waals surface area contributed by atoms with Crippen LogP contribution in [0.2, 0.25) is 0 Å². The highest BCUT2D eigenvalue weighted by Gasteiger charge is 2.07. The van der Waals surface area contributed by atoms with E-state index in [-0.39, 0.29) is 12.0 Å². The van der Waals surface area contributed by atoms with Crippen LogP contribution in [0.3, 0.4) is 0 Å². The number of aryl methyl sites for hydroxylation is 1. The Morgan fingerprint density at radius 2 is 2.11 bits per heavy atom. The molecule has 0 aliphatic heterocycles. The predicted molar refractivity (Wildman–Crippen MR) is 76.7 cm³/mol. The van der Waals surface area contributed by atoms with Crippen LogP contribution in [-0.2, 0) is 6.42 Å². The molecule has 5 nitrogen and oxygen atoms in total. The van der Waals surface area contributed by atoms with Gasteiger partial charge in [-0.05, 0) is 26.0 Å². The topological polar surface area (TPSA) is 89.8 Å². The zero-order valence-electron chi connectivity index (χ0n) is 10.5. The molecule has 96 valence electrons. The first-order valence-electron chi connectivity index (χ1n) is 5.75. The molecule has 0 fully saturated rings. The van der Waals surface area contributed by atoms with Crippen molar-refractivity contribution >= 4 is 28.9 Å². The van der Waals surface area contributed by atoms with Crippen molar-refractivity contribution in [3.63, 3.8) is 0 Å². The summed E-state index contributed by atoms with van der Waals surface area (Å²) in [4.78, 5) is 10.6. The SMILES string of the molecule is Cc1ccc(CC(C)Nc2cc(N)nc(N)n2)s1. The van der Waals surface area contributed by atoms with Gasteiger partial charge in [-0.2, -0.15) is 9.97 Å².